The van der Waals surface area contributed by atoms with Gasteiger partial charge in [-0.3, -0.25) is 0 Å². The summed E-state index contributed by atoms with van der Waals surface area (Å²) in [6.45, 7) is 4.49. The lowest BCUT2D eigenvalue weighted by atomic mass is 10.1. The van der Waals surface area contributed by atoms with E-state index < -0.39 is 0 Å². The van der Waals surface area contributed by atoms with Crippen molar-refractivity contribution in [1.82, 2.24) is 0 Å². The molecule has 0 amide bonds. The Kier molecular flexibility index (Phi) is 6.83. The van der Waals surface area contributed by atoms with E-state index in [-0.39, 0.29) is 11.9 Å². The Labute approximate surface area is 146 Å². The Morgan fingerprint density at radius 3 is 2.12 bits per heavy atom. The van der Waals surface area contributed by atoms with Gasteiger partial charge in [0.1, 0.15) is 0 Å². The number of azo groups is 1. The fourth-order valence-corrected chi connectivity index (χ4v) is 2.12. The second-order valence-electron chi connectivity index (χ2n) is 5.09. The van der Waals surface area contributed by atoms with Crippen LogP contribution in [0.5, 0.6) is 0 Å². The highest BCUT2D eigenvalue weighted by Gasteiger charge is 2.07. The number of hydrogen-bond acceptors (Lipinski definition) is 6. The molecule has 0 aliphatic heterocycles. The van der Waals surface area contributed by atoms with Crippen LogP contribution in [0.25, 0.3) is 0 Å². The Morgan fingerprint density at radius 1 is 0.880 bits per heavy atom. The lowest BCUT2D eigenvalue weighted by Gasteiger charge is -2.03. The molecule has 0 spiro atoms. The highest BCUT2D eigenvalue weighted by Crippen LogP contribution is 2.16. The zero-order valence-electron chi connectivity index (χ0n) is 14.3. The molecule has 0 bridgehead atoms. The van der Waals surface area contributed by atoms with Crippen LogP contribution in [0.15, 0.2) is 58.8 Å². The maximum absolute atomic E-state index is 11.7. The van der Waals surface area contributed by atoms with Crippen molar-refractivity contribution < 1.29 is 19.1 Å². The van der Waals surface area contributed by atoms with Gasteiger partial charge in [-0.1, -0.05) is 18.2 Å². The molecule has 0 atom stereocenters. The fraction of sp³-hybridized carbons (Fsp3) is 0.263. The first kappa shape index (κ1) is 18.3. The topological polar surface area (TPSA) is 77.3 Å². The van der Waals surface area contributed by atoms with Gasteiger partial charge in [0.25, 0.3) is 0 Å². The van der Waals surface area contributed by atoms with Gasteiger partial charge in [0.05, 0.1) is 36.6 Å². The number of benzene rings is 2. The van der Waals surface area contributed by atoms with E-state index in [4.69, 9.17) is 9.47 Å². The van der Waals surface area contributed by atoms with E-state index in [0.717, 1.165) is 5.56 Å². The van der Waals surface area contributed by atoms with Crippen LogP contribution < -0.4 is 0 Å². The van der Waals surface area contributed by atoms with E-state index in [9.17, 15) is 9.59 Å². The number of rotatable bonds is 7. The average molecular weight is 340 g/mol. The molecule has 6 nitrogen and oxygen atoms in total. The average Bonchev–Trinajstić information content (AvgIpc) is 2.63. The molecule has 130 valence electrons. The quantitative estimate of drug-likeness (QED) is 0.555. The Bertz CT molecular complexity index is 772. The summed E-state index contributed by atoms with van der Waals surface area (Å²) in [6.07, 6.45) is 0. The van der Waals surface area contributed by atoms with Crippen LogP contribution in [0, 0.1) is 0 Å². The third-order valence-electron chi connectivity index (χ3n) is 3.23. The lowest BCUT2D eigenvalue weighted by molar-refractivity contribution is 0.0516. The van der Waals surface area contributed by atoms with Crippen LogP contribution in [0.3, 0.4) is 0 Å². The molecule has 0 aromatic heterocycles. The van der Waals surface area contributed by atoms with E-state index >= 15 is 0 Å². The van der Waals surface area contributed by atoms with Crippen molar-refractivity contribution in [2.45, 2.75) is 20.4 Å². The highest BCUT2D eigenvalue weighted by atomic mass is 16.5. The number of ether oxygens (including phenoxy) is 2. The number of hydrogen-bond donors (Lipinski definition) is 0. The Hall–Kier alpha value is -3.02. The minimum Gasteiger partial charge on any atom is -0.462 e. The minimum atomic E-state index is -0.387. The lowest BCUT2D eigenvalue weighted by Crippen LogP contribution is -2.04. The molecular formula is C19H20N2O4. The summed E-state index contributed by atoms with van der Waals surface area (Å²) in [4.78, 5) is 23.4. The van der Waals surface area contributed by atoms with Crippen molar-refractivity contribution >= 4 is 17.6 Å². The summed E-state index contributed by atoms with van der Waals surface area (Å²) in [5.41, 5.74) is 2.32. The molecule has 2 aromatic carbocycles. The molecule has 2 aromatic rings. The standard InChI is InChI=1S/C19H20N2O4/c1-3-24-18(22)15-8-5-7-14(11-15)13-20-21-17-10-6-9-16(12-17)19(23)25-4-2/h5-12H,3-4,13H2,1-2H3. The monoisotopic (exact) mass is 340 g/mol. The van der Waals surface area contributed by atoms with Gasteiger partial charge < -0.3 is 9.47 Å². The molecule has 0 fully saturated rings. The van der Waals surface area contributed by atoms with E-state index in [1.54, 1.807) is 56.3 Å². The van der Waals surface area contributed by atoms with Gasteiger partial charge in [-0.15, -0.1) is 0 Å². The van der Waals surface area contributed by atoms with E-state index in [1.165, 1.54) is 0 Å². The van der Waals surface area contributed by atoms with E-state index in [2.05, 4.69) is 10.2 Å². The van der Waals surface area contributed by atoms with Crippen LogP contribution >= 0.6 is 0 Å². The predicted molar refractivity (Wildman–Crippen MR) is 93.0 cm³/mol. The second-order valence-corrected chi connectivity index (χ2v) is 5.09. The molecule has 0 radical (unpaired) electrons. The zero-order valence-corrected chi connectivity index (χ0v) is 14.3. The maximum Gasteiger partial charge on any atom is 0.338 e. The molecule has 0 aliphatic carbocycles. The van der Waals surface area contributed by atoms with Crippen molar-refractivity contribution in [3.05, 3.63) is 65.2 Å². The van der Waals surface area contributed by atoms with E-state index in [1.807, 2.05) is 6.07 Å². The van der Waals surface area contributed by atoms with Gasteiger partial charge in [-0.25, -0.2) is 9.59 Å². The largest absolute Gasteiger partial charge is 0.462 e. The molecule has 0 saturated heterocycles. The highest BCUT2D eigenvalue weighted by molar-refractivity contribution is 5.90. The van der Waals surface area contributed by atoms with Gasteiger partial charge >= 0.3 is 11.9 Å². The summed E-state index contributed by atoms with van der Waals surface area (Å²) >= 11 is 0. The third kappa shape index (κ3) is 5.53. The first-order valence-electron chi connectivity index (χ1n) is 8.04. The smallest absolute Gasteiger partial charge is 0.338 e. The van der Waals surface area contributed by atoms with Crippen LogP contribution in [-0.2, 0) is 16.0 Å². The molecule has 0 heterocycles. The molecule has 0 saturated carbocycles. The molecule has 0 N–H and O–H groups in total. The summed E-state index contributed by atoms with van der Waals surface area (Å²) in [6, 6.07) is 13.8. The first-order chi connectivity index (χ1) is 12.1. The second kappa shape index (κ2) is 9.32. The van der Waals surface area contributed by atoms with Crippen molar-refractivity contribution in [1.29, 1.82) is 0 Å². The number of nitrogens with zero attached hydrogens (tertiary/aromatic N) is 2. The molecule has 25 heavy (non-hydrogen) atoms. The summed E-state index contributed by atoms with van der Waals surface area (Å²) in [5, 5.41) is 8.24. The third-order valence-corrected chi connectivity index (χ3v) is 3.23. The first-order valence-corrected chi connectivity index (χ1v) is 8.04. The van der Waals surface area contributed by atoms with Crippen molar-refractivity contribution in [2.24, 2.45) is 10.2 Å². The molecular weight excluding hydrogens is 320 g/mol. The van der Waals surface area contributed by atoms with Gasteiger partial charge in [-0.2, -0.15) is 10.2 Å². The summed E-state index contributed by atoms with van der Waals surface area (Å²) in [7, 11) is 0. The maximum atomic E-state index is 11.7. The van der Waals surface area contributed by atoms with Gasteiger partial charge in [0.2, 0.25) is 0 Å². The van der Waals surface area contributed by atoms with Crippen molar-refractivity contribution in [3.8, 4) is 0 Å². The zero-order chi connectivity index (χ0) is 18.1. The minimum absolute atomic E-state index is 0.316. The molecule has 0 aliphatic rings. The summed E-state index contributed by atoms with van der Waals surface area (Å²) < 4.78 is 9.93. The summed E-state index contributed by atoms with van der Waals surface area (Å²) in [5.74, 6) is -0.745. The van der Waals surface area contributed by atoms with Gasteiger partial charge in [0, 0.05) is 0 Å². The van der Waals surface area contributed by atoms with Crippen LogP contribution in [0.4, 0.5) is 5.69 Å². The Balaban J connectivity index is 2.04. The normalized spacial score (nSPS) is 10.6. The number of esters is 2. The number of carbonyl (C=O) groups is 2. The molecule has 0 unspecified atom stereocenters. The molecule has 2 rings (SSSR count). The molecule has 6 heteroatoms. The van der Waals surface area contributed by atoms with Gasteiger partial charge in [-0.05, 0) is 49.7 Å². The predicted octanol–water partition coefficient (Wildman–Crippen LogP) is 4.32. The van der Waals surface area contributed by atoms with Crippen LogP contribution in [-0.4, -0.2) is 25.2 Å². The van der Waals surface area contributed by atoms with Crippen LogP contribution in [0.2, 0.25) is 0 Å². The SMILES string of the molecule is CCOC(=O)c1cccc(CN=Nc2cccc(C(=O)OCC)c2)c1. The van der Waals surface area contributed by atoms with Crippen molar-refractivity contribution in [3.63, 3.8) is 0 Å². The number of carbonyl (C=O) groups excluding carboxylic acids is 2. The van der Waals surface area contributed by atoms with E-state index in [0.29, 0.717) is 36.6 Å². The van der Waals surface area contributed by atoms with Gasteiger partial charge in [0.15, 0.2) is 0 Å². The van der Waals surface area contributed by atoms with Crippen molar-refractivity contribution in [2.75, 3.05) is 13.2 Å². The fourth-order valence-electron chi connectivity index (χ4n) is 2.12. The Morgan fingerprint density at radius 2 is 1.48 bits per heavy atom. The van der Waals surface area contributed by atoms with Crippen LogP contribution in [0.1, 0.15) is 40.1 Å².